The van der Waals surface area contributed by atoms with Crippen molar-refractivity contribution in [3.05, 3.63) is 39.9 Å². The molecule has 0 bridgehead atoms. The zero-order valence-corrected chi connectivity index (χ0v) is 11.9. The first-order valence-corrected chi connectivity index (χ1v) is 7.82. The summed E-state index contributed by atoms with van der Waals surface area (Å²) in [7, 11) is 0. The predicted octanol–water partition coefficient (Wildman–Crippen LogP) is 2.33. The van der Waals surface area contributed by atoms with E-state index in [4.69, 9.17) is 0 Å². The molecule has 1 aliphatic heterocycles. The number of piperidine rings is 1. The summed E-state index contributed by atoms with van der Waals surface area (Å²) in [5.41, 5.74) is 1.33. The monoisotopic (exact) mass is 275 g/mol. The van der Waals surface area contributed by atoms with E-state index in [1.165, 1.54) is 45.1 Å². The highest BCUT2D eigenvalue weighted by Crippen LogP contribution is 2.28. The van der Waals surface area contributed by atoms with Crippen LogP contribution in [0.15, 0.2) is 24.3 Å². The number of benzene rings is 1. The summed E-state index contributed by atoms with van der Waals surface area (Å²) in [4.78, 5) is 12.2. The van der Waals surface area contributed by atoms with E-state index in [1.54, 1.807) is 17.0 Å². The first-order valence-electron chi connectivity index (χ1n) is 7.82. The maximum atomic E-state index is 10.9. The Hall–Kier alpha value is -1.42. The van der Waals surface area contributed by atoms with Gasteiger partial charge in [0.15, 0.2) is 0 Å². The summed E-state index contributed by atoms with van der Waals surface area (Å²) in [6.45, 7) is 2.17. The SMILES string of the molecule is O=[N+]([O-])c1cccc(C[NH+]2CCC[C@@H]3CCCC[C@@H]32)c1. The van der Waals surface area contributed by atoms with Gasteiger partial charge < -0.3 is 4.90 Å². The molecule has 2 aliphatic rings. The number of nitrogens with one attached hydrogen (secondary N) is 1. The van der Waals surface area contributed by atoms with Crippen LogP contribution in [0.5, 0.6) is 0 Å². The number of fused-ring (bicyclic) bond motifs is 1. The Morgan fingerprint density at radius 1 is 1.20 bits per heavy atom. The highest BCUT2D eigenvalue weighted by Gasteiger charge is 2.36. The summed E-state index contributed by atoms with van der Waals surface area (Å²) in [6.07, 6.45) is 8.19. The van der Waals surface area contributed by atoms with Crippen molar-refractivity contribution in [2.24, 2.45) is 5.92 Å². The number of non-ortho nitro benzene ring substituents is 1. The Bertz CT molecular complexity index is 487. The highest BCUT2D eigenvalue weighted by atomic mass is 16.6. The lowest BCUT2D eigenvalue weighted by atomic mass is 9.78. The second kappa shape index (κ2) is 5.92. The molecule has 0 amide bonds. The molecular formula is C16H23N2O2+. The van der Waals surface area contributed by atoms with Gasteiger partial charge in [0, 0.05) is 23.6 Å². The van der Waals surface area contributed by atoms with Crippen molar-refractivity contribution in [2.45, 2.75) is 51.1 Å². The molecule has 1 aromatic rings. The van der Waals surface area contributed by atoms with Gasteiger partial charge in [-0.15, -0.1) is 0 Å². The van der Waals surface area contributed by atoms with E-state index in [0.29, 0.717) is 0 Å². The summed E-state index contributed by atoms with van der Waals surface area (Å²) >= 11 is 0. The number of hydrogen-bond acceptors (Lipinski definition) is 2. The van der Waals surface area contributed by atoms with Crippen LogP contribution in [-0.4, -0.2) is 17.5 Å². The van der Waals surface area contributed by atoms with Crippen molar-refractivity contribution >= 4 is 5.69 Å². The minimum Gasteiger partial charge on any atom is -0.329 e. The third-order valence-corrected chi connectivity index (χ3v) is 5.06. The lowest BCUT2D eigenvalue weighted by molar-refractivity contribution is -0.949. The lowest BCUT2D eigenvalue weighted by Crippen LogP contribution is -3.16. The molecule has 108 valence electrons. The molecule has 3 atom stereocenters. The Labute approximate surface area is 119 Å². The summed E-state index contributed by atoms with van der Waals surface area (Å²) < 4.78 is 0. The van der Waals surface area contributed by atoms with Gasteiger partial charge >= 0.3 is 0 Å². The van der Waals surface area contributed by atoms with Crippen molar-refractivity contribution in [3.63, 3.8) is 0 Å². The van der Waals surface area contributed by atoms with Gasteiger partial charge in [-0.25, -0.2) is 0 Å². The lowest BCUT2D eigenvalue weighted by Gasteiger charge is -2.41. The third kappa shape index (κ3) is 2.85. The first kappa shape index (κ1) is 13.6. The molecule has 3 rings (SSSR count). The van der Waals surface area contributed by atoms with E-state index in [2.05, 4.69) is 0 Å². The Morgan fingerprint density at radius 2 is 2.00 bits per heavy atom. The smallest absolute Gasteiger partial charge is 0.269 e. The van der Waals surface area contributed by atoms with Crippen molar-refractivity contribution in [1.82, 2.24) is 0 Å². The predicted molar refractivity (Wildman–Crippen MR) is 77.6 cm³/mol. The molecule has 4 heteroatoms. The zero-order chi connectivity index (χ0) is 13.9. The summed E-state index contributed by atoms with van der Waals surface area (Å²) in [6, 6.07) is 7.97. The van der Waals surface area contributed by atoms with Crippen LogP contribution in [0.3, 0.4) is 0 Å². The van der Waals surface area contributed by atoms with Gasteiger partial charge in [0.2, 0.25) is 0 Å². The van der Waals surface area contributed by atoms with Crippen LogP contribution < -0.4 is 4.90 Å². The van der Waals surface area contributed by atoms with E-state index in [1.807, 2.05) is 12.1 Å². The van der Waals surface area contributed by atoms with Gasteiger partial charge in [-0.05, 0) is 32.1 Å². The van der Waals surface area contributed by atoms with Crippen LogP contribution in [0.4, 0.5) is 5.69 Å². The van der Waals surface area contributed by atoms with E-state index in [-0.39, 0.29) is 10.6 Å². The zero-order valence-electron chi connectivity index (χ0n) is 11.9. The van der Waals surface area contributed by atoms with Crippen LogP contribution in [0.2, 0.25) is 0 Å². The van der Waals surface area contributed by atoms with Crippen LogP contribution in [0.1, 0.15) is 44.1 Å². The molecule has 1 aromatic carbocycles. The largest absolute Gasteiger partial charge is 0.329 e. The molecule has 1 saturated carbocycles. The number of likely N-dealkylation sites (tertiary alicyclic amines) is 1. The topological polar surface area (TPSA) is 47.6 Å². The van der Waals surface area contributed by atoms with Crippen LogP contribution in [0.25, 0.3) is 0 Å². The summed E-state index contributed by atoms with van der Waals surface area (Å²) in [5.74, 6) is 0.895. The number of nitro benzene ring substituents is 1. The standard InChI is InChI=1S/C16H22N2O2/c19-18(20)15-8-3-5-13(11-15)12-17-10-4-7-14-6-1-2-9-16(14)17/h3,5,8,11,14,16H,1-2,4,6-7,9-10,12H2/p+1/t14-,16-/m0/s1. The fourth-order valence-corrected chi connectivity index (χ4v) is 4.13. The maximum absolute atomic E-state index is 10.9. The van der Waals surface area contributed by atoms with Crippen LogP contribution >= 0.6 is 0 Å². The van der Waals surface area contributed by atoms with Crippen molar-refractivity contribution < 1.29 is 9.82 Å². The molecule has 2 fully saturated rings. The van der Waals surface area contributed by atoms with Crippen LogP contribution in [0, 0.1) is 16.0 Å². The molecule has 1 saturated heterocycles. The number of nitrogens with zero attached hydrogens (tertiary/aromatic N) is 1. The fourth-order valence-electron chi connectivity index (χ4n) is 4.13. The summed E-state index contributed by atoms with van der Waals surface area (Å²) in [5, 5.41) is 10.9. The third-order valence-electron chi connectivity index (χ3n) is 5.06. The first-order chi connectivity index (χ1) is 9.74. The quantitative estimate of drug-likeness (QED) is 0.680. The van der Waals surface area contributed by atoms with Crippen molar-refractivity contribution in [3.8, 4) is 0 Å². The number of rotatable bonds is 3. The van der Waals surface area contributed by atoms with Crippen LogP contribution in [-0.2, 0) is 6.54 Å². The second-order valence-corrected chi connectivity index (χ2v) is 6.31. The molecule has 0 spiro atoms. The second-order valence-electron chi connectivity index (χ2n) is 6.31. The Balaban J connectivity index is 1.72. The average Bonchev–Trinajstić information content (AvgIpc) is 2.48. The van der Waals surface area contributed by atoms with E-state index >= 15 is 0 Å². The maximum Gasteiger partial charge on any atom is 0.269 e. The van der Waals surface area contributed by atoms with Gasteiger partial charge in [0.05, 0.1) is 17.5 Å². The molecule has 4 nitrogen and oxygen atoms in total. The van der Waals surface area contributed by atoms with Gasteiger partial charge in [0.25, 0.3) is 5.69 Å². The molecule has 1 aliphatic carbocycles. The van der Waals surface area contributed by atoms with E-state index in [9.17, 15) is 10.1 Å². The van der Waals surface area contributed by atoms with Crippen molar-refractivity contribution in [2.75, 3.05) is 6.54 Å². The minimum atomic E-state index is -0.293. The molecule has 1 unspecified atom stereocenters. The van der Waals surface area contributed by atoms with E-state index in [0.717, 1.165) is 24.1 Å². The Kier molecular flexibility index (Phi) is 4.01. The van der Waals surface area contributed by atoms with E-state index < -0.39 is 0 Å². The Morgan fingerprint density at radius 3 is 2.85 bits per heavy atom. The molecule has 0 aromatic heterocycles. The number of nitro groups is 1. The van der Waals surface area contributed by atoms with Gasteiger partial charge in [-0.1, -0.05) is 18.6 Å². The minimum absolute atomic E-state index is 0.221. The fraction of sp³-hybridized carbons (Fsp3) is 0.625. The van der Waals surface area contributed by atoms with Crippen molar-refractivity contribution in [1.29, 1.82) is 0 Å². The molecular weight excluding hydrogens is 252 g/mol. The molecule has 1 N–H and O–H groups in total. The molecule has 20 heavy (non-hydrogen) atoms. The number of hydrogen-bond donors (Lipinski definition) is 1. The van der Waals surface area contributed by atoms with Gasteiger partial charge in [-0.2, -0.15) is 0 Å². The molecule has 0 radical (unpaired) electrons. The van der Waals surface area contributed by atoms with Gasteiger partial charge in [0.1, 0.15) is 6.54 Å². The van der Waals surface area contributed by atoms with Gasteiger partial charge in [-0.3, -0.25) is 10.1 Å². The normalized spacial score (nSPS) is 29.7. The average molecular weight is 275 g/mol. The highest BCUT2D eigenvalue weighted by molar-refractivity contribution is 5.33. The molecule has 1 heterocycles. The number of quaternary nitrogens is 1.